The monoisotopic (exact) mass is 393 g/mol. The predicted molar refractivity (Wildman–Crippen MR) is 100.0 cm³/mol. The Morgan fingerprint density at radius 1 is 1.19 bits per heavy atom. The van der Waals surface area contributed by atoms with Gasteiger partial charge >= 0.3 is 0 Å². The fraction of sp³-hybridized carbons (Fsp3) is 0.333. The summed E-state index contributed by atoms with van der Waals surface area (Å²) in [5.41, 5.74) is 1.48. The first-order valence-corrected chi connectivity index (χ1v) is 10.5. The highest BCUT2D eigenvalue weighted by atomic mass is 35.5. The van der Waals surface area contributed by atoms with Crippen LogP contribution < -0.4 is 0 Å². The zero-order valence-corrected chi connectivity index (χ0v) is 16.0. The largest absolute Gasteiger partial charge is 0.336 e. The maximum atomic E-state index is 12.7. The van der Waals surface area contributed by atoms with Crippen LogP contribution in [-0.4, -0.2) is 61.5 Å². The van der Waals surface area contributed by atoms with E-state index in [0.717, 1.165) is 31.5 Å². The Labute approximate surface area is 158 Å². The molecule has 0 saturated carbocycles. The molecule has 0 atom stereocenters. The number of pyridine rings is 1. The van der Waals surface area contributed by atoms with E-state index in [4.69, 9.17) is 11.6 Å². The Kier molecular flexibility index (Phi) is 5.60. The van der Waals surface area contributed by atoms with E-state index in [9.17, 15) is 13.2 Å². The molecule has 2 heterocycles. The van der Waals surface area contributed by atoms with Crippen LogP contribution in [0.4, 0.5) is 0 Å². The highest BCUT2D eigenvalue weighted by molar-refractivity contribution is 7.90. The predicted octanol–water partition coefficient (Wildman–Crippen LogP) is 2.10. The number of nitrogens with zero attached hydrogens (tertiary/aromatic N) is 3. The summed E-state index contributed by atoms with van der Waals surface area (Å²) < 4.78 is 23.6. The number of aromatic nitrogens is 1. The second kappa shape index (κ2) is 7.73. The first-order valence-electron chi connectivity index (χ1n) is 8.25. The Morgan fingerprint density at radius 3 is 2.54 bits per heavy atom. The molecule has 138 valence electrons. The standard InChI is InChI=1S/C18H20ClN3O3S/c1-26(24,25)17-11-15(4-5-16(17)19)18(23)22-9-7-21(8-10-22)13-14-3-2-6-20-12-14/h2-6,11-12H,7-10,13H2,1H3. The van der Waals surface area contributed by atoms with E-state index in [1.54, 1.807) is 17.2 Å². The Hall–Kier alpha value is -1.96. The van der Waals surface area contributed by atoms with Gasteiger partial charge in [-0.1, -0.05) is 17.7 Å². The number of piperazine rings is 1. The summed E-state index contributed by atoms with van der Waals surface area (Å²) in [6.45, 7) is 3.50. The lowest BCUT2D eigenvalue weighted by molar-refractivity contribution is 0.0628. The number of sulfone groups is 1. The van der Waals surface area contributed by atoms with Crippen LogP contribution >= 0.6 is 11.6 Å². The molecule has 0 unspecified atom stereocenters. The van der Waals surface area contributed by atoms with E-state index in [-0.39, 0.29) is 15.8 Å². The molecule has 6 nitrogen and oxygen atoms in total. The minimum atomic E-state index is -3.48. The molecule has 1 aliphatic rings. The van der Waals surface area contributed by atoms with Crippen LogP contribution in [-0.2, 0) is 16.4 Å². The van der Waals surface area contributed by atoms with E-state index < -0.39 is 9.84 Å². The van der Waals surface area contributed by atoms with Gasteiger partial charge in [-0.25, -0.2) is 8.42 Å². The molecule has 1 aliphatic heterocycles. The minimum absolute atomic E-state index is 0.0137. The van der Waals surface area contributed by atoms with Crippen molar-refractivity contribution >= 4 is 27.3 Å². The molecule has 8 heteroatoms. The number of carbonyl (C=O) groups is 1. The van der Waals surface area contributed by atoms with Crippen molar-refractivity contribution in [3.8, 4) is 0 Å². The van der Waals surface area contributed by atoms with Crippen LogP contribution in [0.3, 0.4) is 0 Å². The van der Waals surface area contributed by atoms with Crippen LogP contribution in [0.25, 0.3) is 0 Å². The molecule has 26 heavy (non-hydrogen) atoms. The summed E-state index contributed by atoms with van der Waals surface area (Å²) in [7, 11) is -3.48. The highest BCUT2D eigenvalue weighted by Crippen LogP contribution is 2.23. The molecule has 0 N–H and O–H groups in total. The zero-order valence-electron chi connectivity index (χ0n) is 14.4. The lowest BCUT2D eigenvalue weighted by Crippen LogP contribution is -2.48. The van der Waals surface area contributed by atoms with Crippen molar-refractivity contribution in [1.82, 2.24) is 14.8 Å². The van der Waals surface area contributed by atoms with Gasteiger partial charge in [0.1, 0.15) is 0 Å². The summed E-state index contributed by atoms with van der Waals surface area (Å²) >= 11 is 5.95. The van der Waals surface area contributed by atoms with Gasteiger partial charge in [0, 0.05) is 56.9 Å². The Morgan fingerprint density at radius 2 is 1.92 bits per heavy atom. The number of benzene rings is 1. The van der Waals surface area contributed by atoms with Gasteiger partial charge in [-0.05, 0) is 29.8 Å². The molecule has 0 spiro atoms. The first-order chi connectivity index (χ1) is 12.3. The molecule has 1 saturated heterocycles. The maximum Gasteiger partial charge on any atom is 0.253 e. The van der Waals surface area contributed by atoms with Gasteiger partial charge < -0.3 is 4.90 Å². The lowest BCUT2D eigenvalue weighted by atomic mass is 10.1. The molecule has 3 rings (SSSR count). The average molecular weight is 394 g/mol. The van der Waals surface area contributed by atoms with E-state index in [1.807, 2.05) is 18.3 Å². The molecule has 1 fully saturated rings. The van der Waals surface area contributed by atoms with Crippen LogP contribution in [0.1, 0.15) is 15.9 Å². The summed E-state index contributed by atoms with van der Waals surface area (Å²) in [4.78, 5) is 20.8. The fourth-order valence-corrected chi connectivity index (χ4v) is 4.26. The number of amides is 1. The van der Waals surface area contributed by atoms with Crippen LogP contribution in [0.15, 0.2) is 47.6 Å². The smallest absolute Gasteiger partial charge is 0.253 e. The average Bonchev–Trinajstić information content (AvgIpc) is 2.62. The van der Waals surface area contributed by atoms with Gasteiger partial charge in [-0.2, -0.15) is 0 Å². The third-order valence-electron chi connectivity index (χ3n) is 4.37. The molecule has 1 aromatic heterocycles. The van der Waals surface area contributed by atoms with E-state index in [0.29, 0.717) is 18.7 Å². The van der Waals surface area contributed by atoms with Gasteiger partial charge in [0.15, 0.2) is 9.84 Å². The Bertz CT molecular complexity index is 895. The second-order valence-corrected chi connectivity index (χ2v) is 8.74. The van der Waals surface area contributed by atoms with Crippen LogP contribution in [0.2, 0.25) is 5.02 Å². The summed E-state index contributed by atoms with van der Waals surface area (Å²) in [6.07, 6.45) is 4.68. The molecule has 0 radical (unpaired) electrons. The summed E-state index contributed by atoms with van der Waals surface area (Å²) in [5, 5.41) is 0.130. The van der Waals surface area contributed by atoms with Crippen molar-refractivity contribution in [1.29, 1.82) is 0 Å². The van der Waals surface area contributed by atoms with Gasteiger partial charge in [0.25, 0.3) is 5.91 Å². The van der Waals surface area contributed by atoms with E-state index in [1.165, 1.54) is 12.1 Å². The van der Waals surface area contributed by atoms with Crippen LogP contribution in [0.5, 0.6) is 0 Å². The quantitative estimate of drug-likeness (QED) is 0.795. The summed E-state index contributed by atoms with van der Waals surface area (Å²) in [5.74, 6) is -0.174. The van der Waals surface area contributed by atoms with Crippen molar-refractivity contribution in [3.63, 3.8) is 0 Å². The third kappa shape index (κ3) is 4.41. The van der Waals surface area contributed by atoms with Gasteiger partial charge in [-0.3, -0.25) is 14.7 Å². The number of rotatable bonds is 4. The molecule has 0 bridgehead atoms. The topological polar surface area (TPSA) is 70.6 Å². The van der Waals surface area contributed by atoms with E-state index in [2.05, 4.69) is 9.88 Å². The van der Waals surface area contributed by atoms with Crippen molar-refractivity contribution < 1.29 is 13.2 Å². The number of hydrogen-bond acceptors (Lipinski definition) is 5. The van der Waals surface area contributed by atoms with Gasteiger partial charge in [-0.15, -0.1) is 0 Å². The molecule has 1 amide bonds. The number of hydrogen-bond donors (Lipinski definition) is 0. The molecule has 1 aromatic carbocycles. The first kappa shape index (κ1) is 18.8. The normalized spacial score (nSPS) is 15.8. The van der Waals surface area contributed by atoms with Gasteiger partial charge in [0.05, 0.1) is 9.92 Å². The van der Waals surface area contributed by atoms with Crippen molar-refractivity contribution in [2.45, 2.75) is 11.4 Å². The molecular weight excluding hydrogens is 374 g/mol. The molecule has 2 aromatic rings. The number of carbonyl (C=O) groups excluding carboxylic acids is 1. The third-order valence-corrected chi connectivity index (χ3v) is 5.94. The fourth-order valence-electron chi connectivity index (χ4n) is 2.96. The maximum absolute atomic E-state index is 12.7. The highest BCUT2D eigenvalue weighted by Gasteiger charge is 2.24. The zero-order chi connectivity index (χ0) is 18.7. The van der Waals surface area contributed by atoms with Crippen LogP contribution in [0, 0.1) is 0 Å². The SMILES string of the molecule is CS(=O)(=O)c1cc(C(=O)N2CCN(Cc3cccnc3)CC2)ccc1Cl. The summed E-state index contributed by atoms with van der Waals surface area (Å²) in [6, 6.07) is 8.34. The minimum Gasteiger partial charge on any atom is -0.336 e. The second-order valence-electron chi connectivity index (χ2n) is 6.35. The van der Waals surface area contributed by atoms with Crippen molar-refractivity contribution in [2.75, 3.05) is 32.4 Å². The molecule has 0 aliphatic carbocycles. The van der Waals surface area contributed by atoms with Crippen molar-refractivity contribution in [3.05, 3.63) is 58.9 Å². The Balaban J connectivity index is 1.65. The lowest BCUT2D eigenvalue weighted by Gasteiger charge is -2.34. The van der Waals surface area contributed by atoms with Crippen molar-refractivity contribution in [2.24, 2.45) is 0 Å². The molecular formula is C18H20ClN3O3S. The number of halogens is 1. The van der Waals surface area contributed by atoms with Gasteiger partial charge in [0.2, 0.25) is 0 Å². The van der Waals surface area contributed by atoms with E-state index >= 15 is 0 Å².